The predicted octanol–water partition coefficient (Wildman–Crippen LogP) is 2.81. The first-order valence-electron chi connectivity index (χ1n) is 6.32. The molecule has 0 N–H and O–H groups in total. The third-order valence-corrected chi connectivity index (χ3v) is 3.23. The molecule has 0 aliphatic carbocycles. The zero-order valence-electron chi connectivity index (χ0n) is 11.8. The average Bonchev–Trinajstić information content (AvgIpc) is 2.48. The van der Waals surface area contributed by atoms with E-state index in [0.717, 1.165) is 5.56 Å². The van der Waals surface area contributed by atoms with Crippen LogP contribution in [0.1, 0.15) is 16.7 Å². The molecule has 2 rings (SSSR count). The Hall–Kier alpha value is -2.94. The summed E-state index contributed by atoms with van der Waals surface area (Å²) >= 11 is 0. The molecule has 106 valence electrons. The molecule has 0 aliphatic heterocycles. The van der Waals surface area contributed by atoms with Crippen LogP contribution in [0.5, 0.6) is 0 Å². The number of benzene rings is 1. The lowest BCUT2D eigenvalue weighted by Crippen LogP contribution is -2.18. The molecule has 1 aromatic heterocycles. The summed E-state index contributed by atoms with van der Waals surface area (Å²) in [5.74, 6) is 0. The largest absolute Gasteiger partial charge is 0.370 e. The van der Waals surface area contributed by atoms with Crippen LogP contribution in [0.2, 0.25) is 0 Å². The lowest BCUT2D eigenvalue weighted by atomic mass is 10.1. The van der Waals surface area contributed by atoms with E-state index in [2.05, 4.69) is 4.98 Å². The Bertz CT molecular complexity index is 708. The quantitative estimate of drug-likeness (QED) is 0.636. The first-order chi connectivity index (χ1) is 10.0. The summed E-state index contributed by atoms with van der Waals surface area (Å²) < 4.78 is 0. The highest BCUT2D eigenvalue weighted by Gasteiger charge is 2.18. The van der Waals surface area contributed by atoms with E-state index in [4.69, 9.17) is 5.26 Å². The van der Waals surface area contributed by atoms with Crippen molar-refractivity contribution in [3.05, 3.63) is 63.5 Å². The summed E-state index contributed by atoms with van der Waals surface area (Å²) in [7, 11) is 1.83. The fourth-order valence-corrected chi connectivity index (χ4v) is 2.19. The minimum atomic E-state index is -0.461. The zero-order valence-corrected chi connectivity index (χ0v) is 11.8. The number of nitro benzene ring substituents is 1. The molecule has 2 aromatic rings. The number of hydrogen-bond donors (Lipinski definition) is 0. The SMILES string of the molecule is Cc1c(N(C)Cc2cccnc2)cc(C#N)cc1[N+](=O)[O-]. The van der Waals surface area contributed by atoms with Gasteiger partial charge in [0.25, 0.3) is 5.69 Å². The second kappa shape index (κ2) is 6.01. The van der Waals surface area contributed by atoms with Gasteiger partial charge in [0.2, 0.25) is 0 Å². The van der Waals surface area contributed by atoms with Gasteiger partial charge in [0.1, 0.15) is 0 Å². The van der Waals surface area contributed by atoms with Crippen LogP contribution < -0.4 is 4.90 Å². The van der Waals surface area contributed by atoms with Crippen molar-refractivity contribution in [1.82, 2.24) is 4.98 Å². The summed E-state index contributed by atoms with van der Waals surface area (Å²) in [6.45, 7) is 2.25. The number of nitrogens with zero attached hydrogens (tertiary/aromatic N) is 4. The Balaban J connectivity index is 2.41. The highest BCUT2D eigenvalue weighted by atomic mass is 16.6. The summed E-state index contributed by atoms with van der Waals surface area (Å²) in [6, 6.07) is 8.70. The maximum Gasteiger partial charge on any atom is 0.275 e. The maximum atomic E-state index is 11.1. The molecular formula is C15H14N4O2. The third-order valence-electron chi connectivity index (χ3n) is 3.23. The third kappa shape index (κ3) is 3.15. The highest BCUT2D eigenvalue weighted by molar-refractivity contribution is 5.65. The van der Waals surface area contributed by atoms with Gasteiger partial charge in [-0.15, -0.1) is 0 Å². The van der Waals surface area contributed by atoms with E-state index in [0.29, 0.717) is 17.8 Å². The molecular weight excluding hydrogens is 268 g/mol. The normalized spacial score (nSPS) is 9.95. The Morgan fingerprint density at radius 1 is 1.48 bits per heavy atom. The highest BCUT2D eigenvalue weighted by Crippen LogP contribution is 2.30. The molecule has 6 nitrogen and oxygen atoms in total. The van der Waals surface area contributed by atoms with E-state index in [-0.39, 0.29) is 11.3 Å². The lowest BCUT2D eigenvalue weighted by Gasteiger charge is -2.21. The standard InChI is InChI=1S/C15H14N4O2/c1-11-14(6-13(8-16)7-15(11)19(20)21)18(2)10-12-4-3-5-17-9-12/h3-7,9H,10H2,1-2H3. The summed E-state index contributed by atoms with van der Waals surface area (Å²) in [5.41, 5.74) is 2.45. The molecule has 21 heavy (non-hydrogen) atoms. The van der Waals surface area contributed by atoms with Gasteiger partial charge in [-0.1, -0.05) is 6.07 Å². The van der Waals surface area contributed by atoms with E-state index in [1.165, 1.54) is 6.07 Å². The second-order valence-electron chi connectivity index (χ2n) is 4.73. The van der Waals surface area contributed by atoms with Crippen molar-refractivity contribution in [2.24, 2.45) is 0 Å². The van der Waals surface area contributed by atoms with Gasteiger partial charge in [0.05, 0.1) is 22.1 Å². The van der Waals surface area contributed by atoms with Crippen LogP contribution in [0.3, 0.4) is 0 Å². The van der Waals surface area contributed by atoms with E-state index in [1.807, 2.05) is 30.1 Å². The fraction of sp³-hybridized carbons (Fsp3) is 0.200. The number of aromatic nitrogens is 1. The van der Waals surface area contributed by atoms with Crippen molar-refractivity contribution in [3.63, 3.8) is 0 Å². The molecule has 0 saturated carbocycles. The number of anilines is 1. The Labute approximate surface area is 122 Å². The smallest absolute Gasteiger partial charge is 0.275 e. The Kier molecular flexibility index (Phi) is 4.14. The maximum absolute atomic E-state index is 11.1. The number of pyridine rings is 1. The predicted molar refractivity (Wildman–Crippen MR) is 78.9 cm³/mol. The molecule has 1 heterocycles. The van der Waals surface area contributed by atoms with Gasteiger partial charge in [0.15, 0.2) is 0 Å². The van der Waals surface area contributed by atoms with Crippen LogP contribution in [0.4, 0.5) is 11.4 Å². The van der Waals surface area contributed by atoms with Crippen LogP contribution in [0.25, 0.3) is 0 Å². The second-order valence-corrected chi connectivity index (χ2v) is 4.73. The fourth-order valence-electron chi connectivity index (χ4n) is 2.19. The van der Waals surface area contributed by atoms with Crippen molar-refractivity contribution in [1.29, 1.82) is 5.26 Å². The number of hydrogen-bond acceptors (Lipinski definition) is 5. The van der Waals surface area contributed by atoms with Crippen LogP contribution in [0.15, 0.2) is 36.7 Å². The summed E-state index contributed by atoms with van der Waals surface area (Å²) in [5, 5.41) is 20.1. The molecule has 1 aromatic carbocycles. The van der Waals surface area contributed by atoms with Crippen LogP contribution in [-0.4, -0.2) is 17.0 Å². The minimum Gasteiger partial charge on any atom is -0.370 e. The monoisotopic (exact) mass is 282 g/mol. The van der Waals surface area contributed by atoms with Gasteiger partial charge in [-0.05, 0) is 24.6 Å². The Morgan fingerprint density at radius 3 is 2.81 bits per heavy atom. The molecule has 0 aliphatic rings. The first-order valence-corrected chi connectivity index (χ1v) is 6.32. The van der Waals surface area contributed by atoms with Gasteiger partial charge in [-0.25, -0.2) is 0 Å². The van der Waals surface area contributed by atoms with E-state index in [9.17, 15) is 10.1 Å². The number of nitro groups is 1. The summed E-state index contributed by atoms with van der Waals surface area (Å²) in [4.78, 5) is 16.6. The molecule has 0 radical (unpaired) electrons. The minimum absolute atomic E-state index is 0.0397. The van der Waals surface area contributed by atoms with Crippen molar-refractivity contribution in [3.8, 4) is 6.07 Å². The van der Waals surface area contributed by atoms with E-state index in [1.54, 1.807) is 25.4 Å². The topological polar surface area (TPSA) is 83.1 Å². The molecule has 0 bridgehead atoms. The molecule has 0 saturated heterocycles. The average molecular weight is 282 g/mol. The molecule has 0 unspecified atom stereocenters. The molecule has 0 amide bonds. The molecule has 6 heteroatoms. The van der Waals surface area contributed by atoms with Gasteiger partial charge in [-0.3, -0.25) is 15.1 Å². The molecule has 0 atom stereocenters. The van der Waals surface area contributed by atoms with Crippen molar-refractivity contribution >= 4 is 11.4 Å². The molecule has 0 fully saturated rings. The van der Waals surface area contributed by atoms with Crippen LogP contribution in [0, 0.1) is 28.4 Å². The van der Waals surface area contributed by atoms with E-state index >= 15 is 0 Å². The number of nitriles is 1. The summed E-state index contributed by atoms with van der Waals surface area (Å²) in [6.07, 6.45) is 3.43. The van der Waals surface area contributed by atoms with Crippen molar-refractivity contribution < 1.29 is 4.92 Å². The number of rotatable bonds is 4. The van der Waals surface area contributed by atoms with E-state index < -0.39 is 4.92 Å². The van der Waals surface area contributed by atoms with Gasteiger partial charge in [0, 0.05) is 37.7 Å². The van der Waals surface area contributed by atoms with Gasteiger partial charge >= 0.3 is 0 Å². The van der Waals surface area contributed by atoms with Crippen molar-refractivity contribution in [2.75, 3.05) is 11.9 Å². The zero-order chi connectivity index (χ0) is 15.4. The Morgan fingerprint density at radius 2 is 2.24 bits per heavy atom. The van der Waals surface area contributed by atoms with Crippen LogP contribution >= 0.6 is 0 Å². The van der Waals surface area contributed by atoms with Crippen LogP contribution in [-0.2, 0) is 6.54 Å². The van der Waals surface area contributed by atoms with Gasteiger partial charge < -0.3 is 4.90 Å². The molecule has 0 spiro atoms. The lowest BCUT2D eigenvalue weighted by molar-refractivity contribution is -0.385. The van der Waals surface area contributed by atoms with Gasteiger partial charge in [-0.2, -0.15) is 5.26 Å². The first kappa shape index (κ1) is 14.5. The van der Waals surface area contributed by atoms with Crippen molar-refractivity contribution in [2.45, 2.75) is 13.5 Å².